The van der Waals surface area contributed by atoms with Gasteiger partial charge in [-0.05, 0) is 30.3 Å². The molecule has 1 aliphatic heterocycles. The van der Waals surface area contributed by atoms with E-state index in [4.69, 9.17) is 11.6 Å². The van der Waals surface area contributed by atoms with Crippen LogP contribution in [0.1, 0.15) is 0 Å². The van der Waals surface area contributed by atoms with Gasteiger partial charge < -0.3 is 4.90 Å². The first kappa shape index (κ1) is 18.8. The highest BCUT2D eigenvalue weighted by atomic mass is 35.5. The van der Waals surface area contributed by atoms with Crippen molar-refractivity contribution in [2.24, 2.45) is 0 Å². The Bertz CT molecular complexity index is 1070. The first-order valence-electron chi connectivity index (χ1n) is 8.47. The summed E-state index contributed by atoms with van der Waals surface area (Å²) in [4.78, 5) is 5.92. The summed E-state index contributed by atoms with van der Waals surface area (Å²) in [5, 5.41) is 8.19. The van der Waals surface area contributed by atoms with Crippen LogP contribution < -0.4 is 4.90 Å². The number of imidazole rings is 1. The fraction of sp³-hybridized carbons (Fsp3) is 0.235. The number of benzene rings is 1. The predicted molar refractivity (Wildman–Crippen MR) is 102 cm³/mol. The van der Waals surface area contributed by atoms with Gasteiger partial charge in [-0.25, -0.2) is 17.8 Å². The maximum Gasteiger partial charge on any atom is 0.243 e. The average Bonchev–Trinajstić information content (AvgIpc) is 3.25. The van der Waals surface area contributed by atoms with Crippen LogP contribution in [-0.2, 0) is 10.0 Å². The lowest BCUT2D eigenvalue weighted by atomic mass is 10.3. The second-order valence-electron chi connectivity index (χ2n) is 6.19. The molecule has 1 aliphatic rings. The number of nitrogens with zero attached hydrogens (tertiary/aromatic N) is 6. The van der Waals surface area contributed by atoms with E-state index in [9.17, 15) is 12.8 Å². The van der Waals surface area contributed by atoms with Crippen LogP contribution in [0, 0.1) is 5.82 Å². The molecule has 0 unspecified atom stereocenters. The van der Waals surface area contributed by atoms with E-state index in [-0.39, 0.29) is 23.0 Å². The topological polar surface area (TPSA) is 84.2 Å². The summed E-state index contributed by atoms with van der Waals surface area (Å²) in [6.45, 7) is 1.49. The van der Waals surface area contributed by atoms with Crippen LogP contribution in [-0.4, -0.2) is 58.7 Å². The van der Waals surface area contributed by atoms with Crippen LogP contribution in [0.4, 0.5) is 10.2 Å². The summed E-state index contributed by atoms with van der Waals surface area (Å²) >= 11 is 5.72. The molecular formula is C17H16ClFN6O2S. The fourth-order valence-corrected chi connectivity index (χ4v) is 4.66. The fourth-order valence-electron chi connectivity index (χ4n) is 2.96. The van der Waals surface area contributed by atoms with Gasteiger partial charge in [-0.2, -0.15) is 4.31 Å². The standard InChI is InChI=1S/C17H16ClFN6O2S/c18-14-11-13(1-2-15(14)19)28(26,27)25-9-7-23(8-10-25)16-3-4-17(22-21-16)24-6-5-20-12-24/h1-6,11-12H,7-10H2. The van der Waals surface area contributed by atoms with Crippen molar-refractivity contribution in [1.29, 1.82) is 0 Å². The molecule has 3 aromatic rings. The summed E-state index contributed by atoms with van der Waals surface area (Å²) in [5.41, 5.74) is 0. The highest BCUT2D eigenvalue weighted by Gasteiger charge is 2.29. The summed E-state index contributed by atoms with van der Waals surface area (Å²) < 4.78 is 41.9. The third-order valence-electron chi connectivity index (χ3n) is 4.50. The number of hydrogen-bond donors (Lipinski definition) is 0. The molecule has 1 fully saturated rings. The SMILES string of the molecule is O=S(=O)(c1ccc(F)c(Cl)c1)N1CCN(c2ccc(-n3ccnc3)nn2)CC1. The van der Waals surface area contributed by atoms with Gasteiger partial charge in [0.2, 0.25) is 10.0 Å². The van der Waals surface area contributed by atoms with Gasteiger partial charge in [0, 0.05) is 38.6 Å². The number of piperazine rings is 1. The smallest absolute Gasteiger partial charge is 0.243 e. The molecule has 3 heterocycles. The molecule has 0 radical (unpaired) electrons. The Morgan fingerprint density at radius 1 is 1.00 bits per heavy atom. The van der Waals surface area contributed by atoms with E-state index in [0.717, 1.165) is 12.1 Å². The lowest BCUT2D eigenvalue weighted by Crippen LogP contribution is -2.49. The molecular weight excluding hydrogens is 407 g/mol. The van der Waals surface area contributed by atoms with E-state index in [1.165, 1.54) is 10.4 Å². The number of sulfonamides is 1. The number of hydrogen-bond acceptors (Lipinski definition) is 6. The molecule has 1 saturated heterocycles. The lowest BCUT2D eigenvalue weighted by Gasteiger charge is -2.34. The molecule has 0 amide bonds. The number of halogens is 2. The van der Waals surface area contributed by atoms with E-state index in [2.05, 4.69) is 15.2 Å². The molecule has 11 heteroatoms. The summed E-state index contributed by atoms with van der Waals surface area (Å²) in [5.74, 6) is 0.671. The van der Waals surface area contributed by atoms with Crippen LogP contribution in [0.3, 0.4) is 0 Å². The molecule has 28 heavy (non-hydrogen) atoms. The second kappa shape index (κ2) is 7.46. The minimum absolute atomic E-state index is 0.0168. The monoisotopic (exact) mass is 422 g/mol. The number of rotatable bonds is 4. The van der Waals surface area contributed by atoms with Gasteiger partial charge in [-0.1, -0.05) is 11.6 Å². The van der Waals surface area contributed by atoms with Gasteiger partial charge in [0.05, 0.1) is 9.92 Å². The lowest BCUT2D eigenvalue weighted by molar-refractivity contribution is 0.383. The van der Waals surface area contributed by atoms with Crippen molar-refractivity contribution in [3.63, 3.8) is 0 Å². The summed E-state index contributed by atoms with van der Waals surface area (Å²) in [6.07, 6.45) is 5.06. The van der Waals surface area contributed by atoms with E-state index >= 15 is 0 Å². The van der Waals surface area contributed by atoms with Crippen LogP contribution >= 0.6 is 11.6 Å². The largest absolute Gasteiger partial charge is 0.352 e. The molecule has 0 N–H and O–H groups in total. The second-order valence-corrected chi connectivity index (χ2v) is 8.53. The molecule has 0 spiro atoms. The Morgan fingerprint density at radius 3 is 2.32 bits per heavy atom. The molecule has 8 nitrogen and oxygen atoms in total. The van der Waals surface area contributed by atoms with Crippen molar-refractivity contribution in [3.05, 3.63) is 59.9 Å². The van der Waals surface area contributed by atoms with Crippen molar-refractivity contribution in [3.8, 4) is 5.82 Å². The van der Waals surface area contributed by atoms with Crippen LogP contribution in [0.5, 0.6) is 0 Å². The maximum atomic E-state index is 13.3. The van der Waals surface area contributed by atoms with Gasteiger partial charge in [0.25, 0.3) is 0 Å². The quantitative estimate of drug-likeness (QED) is 0.639. The van der Waals surface area contributed by atoms with Crippen molar-refractivity contribution in [1.82, 2.24) is 24.1 Å². The molecule has 0 bridgehead atoms. The van der Waals surface area contributed by atoms with Gasteiger partial charge in [-0.3, -0.25) is 4.57 Å². The third-order valence-corrected chi connectivity index (χ3v) is 6.68. The molecule has 0 atom stereocenters. The first-order valence-corrected chi connectivity index (χ1v) is 10.3. The van der Waals surface area contributed by atoms with E-state index in [1.54, 1.807) is 23.3 Å². The van der Waals surface area contributed by atoms with Crippen molar-refractivity contribution < 1.29 is 12.8 Å². The Morgan fingerprint density at radius 2 is 1.71 bits per heavy atom. The average molecular weight is 423 g/mol. The van der Waals surface area contributed by atoms with E-state index in [1.807, 2.05) is 17.0 Å². The molecule has 0 aliphatic carbocycles. The predicted octanol–water partition coefficient (Wildman–Crippen LogP) is 1.97. The first-order chi connectivity index (χ1) is 13.4. The molecule has 0 saturated carbocycles. The zero-order valence-electron chi connectivity index (χ0n) is 14.6. The minimum atomic E-state index is -3.73. The Hall–Kier alpha value is -2.56. The van der Waals surface area contributed by atoms with E-state index < -0.39 is 15.8 Å². The normalized spacial score (nSPS) is 15.7. The number of anilines is 1. The molecule has 1 aromatic carbocycles. The van der Waals surface area contributed by atoms with Crippen LogP contribution in [0.15, 0.2) is 53.9 Å². The number of aromatic nitrogens is 4. The van der Waals surface area contributed by atoms with Crippen molar-refractivity contribution in [2.45, 2.75) is 4.90 Å². The van der Waals surface area contributed by atoms with Gasteiger partial charge in [-0.15, -0.1) is 10.2 Å². The maximum absolute atomic E-state index is 13.3. The van der Waals surface area contributed by atoms with Gasteiger partial charge in [0.1, 0.15) is 12.1 Å². The van der Waals surface area contributed by atoms with Crippen LogP contribution in [0.25, 0.3) is 5.82 Å². The Labute approximate surface area is 166 Å². The molecule has 146 valence electrons. The molecule has 2 aromatic heterocycles. The van der Waals surface area contributed by atoms with Gasteiger partial charge >= 0.3 is 0 Å². The molecule has 4 rings (SSSR count). The minimum Gasteiger partial charge on any atom is -0.352 e. The zero-order valence-corrected chi connectivity index (χ0v) is 16.2. The van der Waals surface area contributed by atoms with Crippen molar-refractivity contribution >= 4 is 27.4 Å². The highest BCUT2D eigenvalue weighted by Crippen LogP contribution is 2.24. The van der Waals surface area contributed by atoms with E-state index in [0.29, 0.717) is 24.7 Å². The Kier molecular flexibility index (Phi) is 5.00. The van der Waals surface area contributed by atoms with Crippen molar-refractivity contribution in [2.75, 3.05) is 31.1 Å². The third kappa shape index (κ3) is 3.58. The summed E-state index contributed by atoms with van der Waals surface area (Å²) in [6, 6.07) is 7.09. The Balaban J connectivity index is 1.44. The van der Waals surface area contributed by atoms with Gasteiger partial charge in [0.15, 0.2) is 11.6 Å². The summed E-state index contributed by atoms with van der Waals surface area (Å²) in [7, 11) is -3.73. The zero-order chi connectivity index (χ0) is 19.7. The van der Waals surface area contributed by atoms with Crippen LogP contribution in [0.2, 0.25) is 5.02 Å². The highest BCUT2D eigenvalue weighted by molar-refractivity contribution is 7.89.